The molecule has 1 spiro atoms. The number of nitrogens with zero attached hydrogens (tertiary/aromatic N) is 3. The van der Waals surface area contributed by atoms with Gasteiger partial charge in [0.15, 0.2) is 0 Å². The van der Waals surface area contributed by atoms with Crippen LogP contribution in [0, 0.1) is 13.8 Å². The molecule has 5 aromatic rings. The molecule has 0 amide bonds. The smallest absolute Gasteiger partial charge is 0.244 e. The molecule has 8 nitrogen and oxygen atoms in total. The summed E-state index contributed by atoms with van der Waals surface area (Å²) in [5, 5.41) is 0.781. The van der Waals surface area contributed by atoms with Gasteiger partial charge in [-0.1, -0.05) is 83.4 Å². The first kappa shape index (κ1) is 31.4. The maximum absolute atomic E-state index is 14.7. The van der Waals surface area contributed by atoms with Crippen LogP contribution in [0.2, 0.25) is 0 Å². The minimum Gasteiger partial charge on any atom is -0.496 e. The lowest BCUT2D eigenvalue weighted by molar-refractivity contribution is 0.198. The molecule has 2 aliphatic rings. The Morgan fingerprint density at radius 1 is 0.723 bits per heavy atom. The Balaban J connectivity index is 1.54. The van der Waals surface area contributed by atoms with E-state index in [4.69, 9.17) is 4.74 Å². The summed E-state index contributed by atoms with van der Waals surface area (Å²) in [7, 11) is -6.55. The maximum atomic E-state index is 14.7. The summed E-state index contributed by atoms with van der Waals surface area (Å²) in [4.78, 5) is 0.322. The van der Waals surface area contributed by atoms with Crippen molar-refractivity contribution in [3.63, 3.8) is 0 Å². The van der Waals surface area contributed by atoms with Gasteiger partial charge in [-0.3, -0.25) is 0 Å². The van der Waals surface area contributed by atoms with E-state index in [1.54, 1.807) is 55.6 Å². The van der Waals surface area contributed by atoms with Gasteiger partial charge in [-0.25, -0.2) is 16.8 Å². The second kappa shape index (κ2) is 11.5. The van der Waals surface area contributed by atoms with Crippen molar-refractivity contribution in [2.75, 3.05) is 20.2 Å². The van der Waals surface area contributed by atoms with Gasteiger partial charge < -0.3 is 9.30 Å². The summed E-state index contributed by atoms with van der Waals surface area (Å²) in [5.41, 5.74) is 4.73. The zero-order valence-corrected chi connectivity index (χ0v) is 28.5. The van der Waals surface area contributed by atoms with E-state index in [2.05, 4.69) is 4.57 Å². The van der Waals surface area contributed by atoms with Crippen LogP contribution in [-0.4, -0.2) is 50.2 Å². The number of rotatable bonds is 7. The first-order chi connectivity index (χ1) is 22.5. The summed E-state index contributed by atoms with van der Waals surface area (Å²) in [6.07, 6.45) is 1.95. The fraction of sp³-hybridized carbons (Fsp3) is 0.243. The fourth-order valence-electron chi connectivity index (χ4n) is 7.12. The molecule has 2 aliphatic heterocycles. The number of fused-ring (bicyclic) bond motifs is 4. The molecule has 0 fully saturated rings. The lowest BCUT2D eigenvalue weighted by Crippen LogP contribution is -2.56. The predicted molar refractivity (Wildman–Crippen MR) is 183 cm³/mol. The standard InChI is InChI=1S/C37H37N3O5S2/c1-26-13-17-30(18-14-26)46(41,42)38-24-33-36(35-32(11-8-12-34(35)45-4)39(33)23-29-9-6-5-7-10-29)37(25-38)21-28(3)22-40(37)47(43,44)31-19-15-27(2)16-20-31/h5-21H,22-25H2,1-4H3. The second-order valence-electron chi connectivity index (χ2n) is 12.6. The van der Waals surface area contributed by atoms with Crippen molar-refractivity contribution in [3.8, 4) is 5.75 Å². The third-order valence-electron chi connectivity index (χ3n) is 9.33. The van der Waals surface area contributed by atoms with Gasteiger partial charge in [0.1, 0.15) is 5.75 Å². The molecule has 0 bridgehead atoms. The molecule has 0 saturated carbocycles. The van der Waals surface area contributed by atoms with Crippen molar-refractivity contribution in [1.29, 1.82) is 0 Å². The summed E-state index contributed by atoms with van der Waals surface area (Å²) in [5.74, 6) is 0.602. The number of aromatic nitrogens is 1. The van der Waals surface area contributed by atoms with Crippen molar-refractivity contribution in [2.24, 2.45) is 0 Å². The average molecular weight is 668 g/mol. The van der Waals surface area contributed by atoms with Gasteiger partial charge in [0, 0.05) is 36.3 Å². The molecule has 4 aromatic carbocycles. The van der Waals surface area contributed by atoms with Crippen LogP contribution in [0.3, 0.4) is 0 Å². The largest absolute Gasteiger partial charge is 0.496 e. The molecule has 10 heteroatoms. The Bertz CT molecular complexity index is 2240. The van der Waals surface area contributed by atoms with Crippen molar-refractivity contribution in [3.05, 3.63) is 137 Å². The first-order valence-electron chi connectivity index (χ1n) is 15.5. The molecule has 1 unspecified atom stereocenters. The van der Waals surface area contributed by atoms with Gasteiger partial charge in [-0.15, -0.1) is 0 Å². The van der Waals surface area contributed by atoms with E-state index in [1.807, 2.05) is 75.4 Å². The molecule has 1 aromatic heterocycles. The van der Waals surface area contributed by atoms with Gasteiger partial charge >= 0.3 is 0 Å². The third-order valence-corrected chi connectivity index (χ3v) is 13.0. The lowest BCUT2D eigenvalue weighted by atomic mass is 9.85. The van der Waals surface area contributed by atoms with E-state index in [1.165, 1.54) is 8.61 Å². The van der Waals surface area contributed by atoms with Crippen LogP contribution in [0.4, 0.5) is 0 Å². The van der Waals surface area contributed by atoms with Crippen LogP contribution in [-0.2, 0) is 38.7 Å². The van der Waals surface area contributed by atoms with Crippen LogP contribution in [0.1, 0.15) is 34.9 Å². The van der Waals surface area contributed by atoms with E-state index in [0.717, 1.165) is 44.4 Å². The lowest BCUT2D eigenvalue weighted by Gasteiger charge is -2.44. The highest BCUT2D eigenvalue weighted by Crippen LogP contribution is 2.52. The Morgan fingerprint density at radius 3 is 1.96 bits per heavy atom. The Labute approximate surface area is 276 Å². The van der Waals surface area contributed by atoms with E-state index >= 15 is 0 Å². The molecule has 1 atom stereocenters. The normalized spacial score (nSPS) is 18.9. The number of hydrogen-bond acceptors (Lipinski definition) is 5. The quantitative estimate of drug-likeness (QED) is 0.189. The average Bonchev–Trinajstić information content (AvgIpc) is 3.57. The molecule has 0 radical (unpaired) electrons. The number of hydrogen-bond donors (Lipinski definition) is 0. The molecule has 47 heavy (non-hydrogen) atoms. The van der Waals surface area contributed by atoms with Crippen molar-refractivity contribution >= 4 is 30.9 Å². The highest BCUT2D eigenvalue weighted by molar-refractivity contribution is 7.89. The van der Waals surface area contributed by atoms with Crippen molar-refractivity contribution in [1.82, 2.24) is 13.2 Å². The predicted octanol–water partition coefficient (Wildman–Crippen LogP) is 6.37. The van der Waals surface area contributed by atoms with Crippen LogP contribution in [0.25, 0.3) is 10.9 Å². The monoisotopic (exact) mass is 667 g/mol. The summed E-state index contributed by atoms with van der Waals surface area (Å²) in [6, 6.07) is 29.4. The number of aryl methyl sites for hydroxylation is 2. The second-order valence-corrected chi connectivity index (χ2v) is 16.4. The summed E-state index contributed by atoms with van der Waals surface area (Å²) in [6.45, 7) is 6.27. The Kier molecular flexibility index (Phi) is 7.67. The summed E-state index contributed by atoms with van der Waals surface area (Å²) >= 11 is 0. The molecule has 0 N–H and O–H groups in total. The molecular weight excluding hydrogens is 631 g/mol. The van der Waals surface area contributed by atoms with E-state index < -0.39 is 25.6 Å². The minimum atomic E-state index is -4.11. The number of sulfonamides is 2. The van der Waals surface area contributed by atoms with Gasteiger partial charge in [0.25, 0.3) is 0 Å². The van der Waals surface area contributed by atoms with Crippen LogP contribution < -0.4 is 4.74 Å². The third kappa shape index (κ3) is 5.11. The maximum Gasteiger partial charge on any atom is 0.244 e. The first-order valence-corrected chi connectivity index (χ1v) is 18.4. The highest BCUT2D eigenvalue weighted by Gasteiger charge is 2.55. The van der Waals surface area contributed by atoms with E-state index in [0.29, 0.717) is 12.3 Å². The van der Waals surface area contributed by atoms with Gasteiger partial charge in [0.05, 0.1) is 34.5 Å². The van der Waals surface area contributed by atoms with Gasteiger partial charge in [-0.05, 0) is 62.7 Å². The highest BCUT2D eigenvalue weighted by atomic mass is 32.2. The van der Waals surface area contributed by atoms with Crippen molar-refractivity contribution < 1.29 is 21.6 Å². The molecule has 0 saturated heterocycles. The van der Waals surface area contributed by atoms with E-state index in [-0.39, 0.29) is 29.4 Å². The number of ether oxygens (including phenoxy) is 1. The molecule has 0 aliphatic carbocycles. The van der Waals surface area contributed by atoms with Crippen LogP contribution >= 0.6 is 0 Å². The molecule has 7 rings (SSSR count). The number of methoxy groups -OCH3 is 1. The Morgan fingerprint density at radius 2 is 1.34 bits per heavy atom. The molecular formula is C37H37N3O5S2. The zero-order valence-electron chi connectivity index (χ0n) is 26.8. The SMILES string of the molecule is COc1cccc2c1c1c(n2Cc2ccccc2)CN(S(=O)(=O)c2ccc(C)cc2)CC12C=C(C)CN2S(=O)(=O)c1ccc(C)cc1. The zero-order chi connectivity index (χ0) is 33.1. The van der Waals surface area contributed by atoms with E-state index in [9.17, 15) is 16.8 Å². The Hall–Kier alpha value is -4.22. The van der Waals surface area contributed by atoms with Crippen molar-refractivity contribution in [2.45, 2.75) is 49.2 Å². The fourth-order valence-corrected chi connectivity index (χ4v) is 10.3. The number of benzene rings is 4. The van der Waals surface area contributed by atoms with Gasteiger partial charge in [-0.2, -0.15) is 8.61 Å². The molecule has 3 heterocycles. The topological polar surface area (TPSA) is 88.9 Å². The molecule has 242 valence electrons. The van der Waals surface area contributed by atoms with Gasteiger partial charge in [0.2, 0.25) is 20.0 Å². The summed E-state index contributed by atoms with van der Waals surface area (Å²) < 4.78 is 69.4. The minimum absolute atomic E-state index is 0.0588. The van der Waals surface area contributed by atoms with Crippen LogP contribution in [0.5, 0.6) is 5.75 Å². The van der Waals surface area contributed by atoms with Crippen LogP contribution in [0.15, 0.2) is 119 Å².